The first-order chi connectivity index (χ1) is 13.0. The molecular weight excluding hydrogens is 381 g/mol. The Bertz CT molecular complexity index is 954. The van der Waals surface area contributed by atoms with Crippen molar-refractivity contribution in [1.82, 2.24) is 0 Å². The molecule has 0 spiro atoms. The van der Waals surface area contributed by atoms with Crippen molar-refractivity contribution < 1.29 is 9.59 Å². The SMILES string of the molecule is O=C(CCC(=O)c1ccc(-c2ccccc2)cc1)Nc1ccc(Cl)c(Cl)c1. The highest BCUT2D eigenvalue weighted by Gasteiger charge is 2.10. The molecule has 0 aliphatic heterocycles. The number of benzene rings is 3. The Morgan fingerprint density at radius 1 is 0.741 bits per heavy atom. The van der Waals surface area contributed by atoms with Crippen LogP contribution in [0.5, 0.6) is 0 Å². The summed E-state index contributed by atoms with van der Waals surface area (Å²) < 4.78 is 0. The lowest BCUT2D eigenvalue weighted by Gasteiger charge is -2.07. The van der Waals surface area contributed by atoms with E-state index in [0.717, 1.165) is 11.1 Å². The third-order valence-corrected chi connectivity index (χ3v) is 4.84. The monoisotopic (exact) mass is 397 g/mol. The molecule has 0 fully saturated rings. The Kier molecular flexibility index (Phi) is 6.28. The fraction of sp³-hybridized carbons (Fsp3) is 0.0909. The summed E-state index contributed by atoms with van der Waals surface area (Å²) in [7, 11) is 0. The lowest BCUT2D eigenvalue weighted by atomic mass is 10.0. The molecule has 0 heterocycles. The van der Waals surface area contributed by atoms with Gasteiger partial charge in [-0.2, -0.15) is 0 Å². The van der Waals surface area contributed by atoms with E-state index in [4.69, 9.17) is 23.2 Å². The molecule has 3 nitrogen and oxygen atoms in total. The van der Waals surface area contributed by atoms with Gasteiger partial charge in [0.15, 0.2) is 5.78 Å². The number of Topliss-reactive ketones (excluding diaryl/α,β-unsaturated/α-hetero) is 1. The van der Waals surface area contributed by atoms with Crippen molar-refractivity contribution in [2.45, 2.75) is 12.8 Å². The van der Waals surface area contributed by atoms with Crippen LogP contribution < -0.4 is 5.32 Å². The van der Waals surface area contributed by atoms with Gasteiger partial charge >= 0.3 is 0 Å². The molecule has 3 aromatic rings. The molecule has 27 heavy (non-hydrogen) atoms. The van der Waals surface area contributed by atoms with Gasteiger partial charge in [0.2, 0.25) is 5.91 Å². The summed E-state index contributed by atoms with van der Waals surface area (Å²) in [6, 6.07) is 22.2. The van der Waals surface area contributed by atoms with E-state index in [1.165, 1.54) is 0 Å². The van der Waals surface area contributed by atoms with Gasteiger partial charge in [0.05, 0.1) is 10.0 Å². The minimum absolute atomic E-state index is 0.0705. The van der Waals surface area contributed by atoms with Crippen molar-refractivity contribution in [2.24, 2.45) is 0 Å². The molecular formula is C22H17Cl2NO2. The third kappa shape index (κ3) is 5.19. The standard InChI is InChI=1S/C22H17Cl2NO2/c23-19-11-10-18(14-20(19)24)25-22(27)13-12-21(26)17-8-6-16(7-9-17)15-4-2-1-3-5-15/h1-11,14H,12-13H2,(H,25,27). The zero-order valence-electron chi connectivity index (χ0n) is 14.4. The molecule has 0 unspecified atom stereocenters. The number of hydrogen-bond acceptors (Lipinski definition) is 2. The first-order valence-electron chi connectivity index (χ1n) is 8.46. The topological polar surface area (TPSA) is 46.2 Å². The Balaban J connectivity index is 1.55. The molecule has 0 aliphatic rings. The van der Waals surface area contributed by atoms with Gasteiger partial charge < -0.3 is 5.32 Å². The number of carbonyl (C=O) groups excluding carboxylic acids is 2. The summed E-state index contributed by atoms with van der Waals surface area (Å²) in [6.07, 6.45) is 0.233. The number of nitrogens with one attached hydrogen (secondary N) is 1. The van der Waals surface area contributed by atoms with E-state index in [2.05, 4.69) is 5.32 Å². The van der Waals surface area contributed by atoms with E-state index < -0.39 is 0 Å². The maximum Gasteiger partial charge on any atom is 0.224 e. The normalized spacial score (nSPS) is 10.4. The molecule has 0 saturated carbocycles. The summed E-state index contributed by atoms with van der Waals surface area (Å²) in [4.78, 5) is 24.4. The second-order valence-electron chi connectivity index (χ2n) is 6.04. The molecule has 136 valence electrons. The van der Waals surface area contributed by atoms with E-state index in [1.54, 1.807) is 30.3 Å². The second-order valence-corrected chi connectivity index (χ2v) is 6.86. The van der Waals surface area contributed by atoms with Crippen LogP contribution in [-0.2, 0) is 4.79 Å². The Labute approximate surface area is 167 Å². The highest BCUT2D eigenvalue weighted by Crippen LogP contribution is 2.25. The molecule has 3 aromatic carbocycles. The van der Waals surface area contributed by atoms with Gasteiger partial charge in [-0.1, -0.05) is 77.8 Å². The van der Waals surface area contributed by atoms with Crippen molar-refractivity contribution in [3.05, 3.63) is 88.4 Å². The maximum absolute atomic E-state index is 12.3. The average molecular weight is 398 g/mol. The molecule has 0 bridgehead atoms. The van der Waals surface area contributed by atoms with Crippen LogP contribution in [-0.4, -0.2) is 11.7 Å². The second kappa shape index (κ2) is 8.85. The highest BCUT2D eigenvalue weighted by molar-refractivity contribution is 6.42. The Morgan fingerprint density at radius 2 is 1.41 bits per heavy atom. The third-order valence-electron chi connectivity index (χ3n) is 4.10. The molecule has 1 amide bonds. The zero-order valence-corrected chi connectivity index (χ0v) is 15.9. The number of halogens is 2. The highest BCUT2D eigenvalue weighted by atomic mass is 35.5. The van der Waals surface area contributed by atoms with Crippen LogP contribution in [0.15, 0.2) is 72.8 Å². The summed E-state index contributed by atoms with van der Waals surface area (Å²) >= 11 is 11.8. The molecule has 0 aliphatic carbocycles. The van der Waals surface area contributed by atoms with Crippen molar-refractivity contribution in [1.29, 1.82) is 0 Å². The summed E-state index contributed by atoms with van der Waals surface area (Å²) in [5.41, 5.74) is 3.29. The quantitative estimate of drug-likeness (QED) is 0.498. The van der Waals surface area contributed by atoms with Crippen molar-refractivity contribution in [2.75, 3.05) is 5.32 Å². The van der Waals surface area contributed by atoms with E-state index in [-0.39, 0.29) is 24.5 Å². The largest absolute Gasteiger partial charge is 0.326 e. The Hall–Kier alpha value is -2.62. The van der Waals surface area contributed by atoms with E-state index >= 15 is 0 Å². The minimum atomic E-state index is -0.248. The van der Waals surface area contributed by atoms with Crippen LogP contribution in [0.25, 0.3) is 11.1 Å². The number of anilines is 1. The van der Waals surface area contributed by atoms with Gasteiger partial charge in [-0.3, -0.25) is 9.59 Å². The fourth-order valence-electron chi connectivity index (χ4n) is 2.65. The first kappa shape index (κ1) is 19.2. The van der Waals surface area contributed by atoms with E-state index in [1.807, 2.05) is 42.5 Å². The molecule has 5 heteroatoms. The Morgan fingerprint density at radius 3 is 2.07 bits per heavy atom. The number of amides is 1. The van der Waals surface area contributed by atoms with Crippen LogP contribution in [0.1, 0.15) is 23.2 Å². The first-order valence-corrected chi connectivity index (χ1v) is 9.22. The fourth-order valence-corrected chi connectivity index (χ4v) is 2.95. The van der Waals surface area contributed by atoms with E-state index in [0.29, 0.717) is 21.3 Å². The van der Waals surface area contributed by atoms with E-state index in [9.17, 15) is 9.59 Å². The predicted molar refractivity (Wildman–Crippen MR) is 111 cm³/mol. The maximum atomic E-state index is 12.3. The average Bonchev–Trinajstić information content (AvgIpc) is 2.70. The van der Waals surface area contributed by atoms with Crippen molar-refractivity contribution in [3.63, 3.8) is 0 Å². The molecule has 1 N–H and O–H groups in total. The lowest BCUT2D eigenvalue weighted by molar-refractivity contribution is -0.116. The number of ketones is 1. The van der Waals surface area contributed by atoms with Crippen LogP contribution in [0.4, 0.5) is 5.69 Å². The van der Waals surface area contributed by atoms with Gasteiger partial charge in [-0.25, -0.2) is 0 Å². The molecule has 0 aromatic heterocycles. The summed E-state index contributed by atoms with van der Waals surface area (Å²) in [5, 5.41) is 3.50. The van der Waals surface area contributed by atoms with Crippen LogP contribution >= 0.6 is 23.2 Å². The van der Waals surface area contributed by atoms with Crippen LogP contribution in [0.3, 0.4) is 0 Å². The number of rotatable bonds is 6. The zero-order chi connectivity index (χ0) is 19.2. The molecule has 0 atom stereocenters. The van der Waals surface area contributed by atoms with Gasteiger partial charge in [0.25, 0.3) is 0 Å². The lowest BCUT2D eigenvalue weighted by Crippen LogP contribution is -2.13. The van der Waals surface area contributed by atoms with Crippen molar-refractivity contribution in [3.8, 4) is 11.1 Å². The predicted octanol–water partition coefficient (Wildman–Crippen LogP) is 6.26. The van der Waals surface area contributed by atoms with Crippen LogP contribution in [0, 0.1) is 0 Å². The minimum Gasteiger partial charge on any atom is -0.326 e. The summed E-state index contributed by atoms with van der Waals surface area (Å²) in [6.45, 7) is 0. The van der Waals surface area contributed by atoms with Gasteiger partial charge in [-0.05, 0) is 29.3 Å². The van der Waals surface area contributed by atoms with Crippen molar-refractivity contribution >= 4 is 40.6 Å². The molecule has 0 saturated heterocycles. The summed E-state index contributed by atoms with van der Waals surface area (Å²) in [5.74, 6) is -0.318. The number of carbonyl (C=O) groups is 2. The molecule has 0 radical (unpaired) electrons. The smallest absolute Gasteiger partial charge is 0.224 e. The van der Waals surface area contributed by atoms with Gasteiger partial charge in [-0.15, -0.1) is 0 Å². The van der Waals surface area contributed by atoms with Crippen LogP contribution in [0.2, 0.25) is 10.0 Å². The molecule has 3 rings (SSSR count). The van der Waals surface area contributed by atoms with Gasteiger partial charge in [0.1, 0.15) is 0 Å². The number of hydrogen-bond donors (Lipinski definition) is 1. The van der Waals surface area contributed by atoms with Gasteiger partial charge in [0, 0.05) is 24.1 Å².